The number of para-hydroxylation sites is 1. The van der Waals surface area contributed by atoms with E-state index in [-0.39, 0.29) is 5.41 Å². The first-order valence-corrected chi connectivity index (χ1v) is 18.4. The molecule has 0 radical (unpaired) electrons. The predicted octanol–water partition coefficient (Wildman–Crippen LogP) is 12.8. The van der Waals surface area contributed by atoms with Gasteiger partial charge >= 0.3 is 0 Å². The van der Waals surface area contributed by atoms with Crippen LogP contribution in [0.1, 0.15) is 26.3 Å². The molecule has 0 unspecified atom stereocenters. The van der Waals surface area contributed by atoms with Gasteiger partial charge in [-0.15, -0.1) is 0 Å². The Labute approximate surface area is 313 Å². The first-order valence-electron chi connectivity index (χ1n) is 18.4. The van der Waals surface area contributed by atoms with Crippen molar-refractivity contribution in [2.24, 2.45) is 0 Å². The quantitative estimate of drug-likeness (QED) is 0.180. The molecule has 3 heterocycles. The smallest absolute Gasteiger partial charge is 0.164 e. The van der Waals surface area contributed by atoms with E-state index in [0.717, 1.165) is 55.4 Å². The molecule has 0 saturated carbocycles. The Kier molecular flexibility index (Phi) is 7.31. The van der Waals surface area contributed by atoms with Crippen LogP contribution in [0.4, 0.5) is 0 Å². The Hall–Kier alpha value is -6.85. The zero-order valence-corrected chi connectivity index (χ0v) is 30.3. The molecular weight excluding hydrogens is 661 g/mol. The Bertz CT molecular complexity index is 2950. The lowest BCUT2D eigenvalue weighted by molar-refractivity contribution is 0.590. The fourth-order valence-electron chi connectivity index (χ4n) is 7.66. The summed E-state index contributed by atoms with van der Waals surface area (Å²) in [5, 5.41) is 4.44. The van der Waals surface area contributed by atoms with Crippen molar-refractivity contribution in [3.63, 3.8) is 0 Å². The average molecular weight is 697 g/mol. The highest BCUT2D eigenvalue weighted by Gasteiger charge is 2.20. The summed E-state index contributed by atoms with van der Waals surface area (Å²) in [5.74, 6) is 1.86. The van der Waals surface area contributed by atoms with Crippen molar-refractivity contribution in [1.29, 1.82) is 0 Å². The van der Waals surface area contributed by atoms with Gasteiger partial charge in [0, 0.05) is 43.9 Å². The zero-order valence-electron chi connectivity index (χ0n) is 30.3. The molecule has 0 bridgehead atoms. The molecular formula is C49H36N4O. The molecule has 0 atom stereocenters. The van der Waals surface area contributed by atoms with E-state index in [1.165, 1.54) is 27.4 Å². The van der Waals surface area contributed by atoms with E-state index >= 15 is 0 Å². The van der Waals surface area contributed by atoms with Crippen molar-refractivity contribution in [1.82, 2.24) is 19.5 Å². The number of fused-ring (bicyclic) bond motifs is 6. The highest BCUT2D eigenvalue weighted by atomic mass is 16.3. The van der Waals surface area contributed by atoms with Crippen LogP contribution in [0.2, 0.25) is 0 Å². The number of hydrogen-bond donors (Lipinski definition) is 0. The van der Waals surface area contributed by atoms with Crippen LogP contribution in [-0.4, -0.2) is 19.5 Å². The van der Waals surface area contributed by atoms with Gasteiger partial charge in [0.2, 0.25) is 0 Å². The van der Waals surface area contributed by atoms with E-state index in [0.29, 0.717) is 17.5 Å². The van der Waals surface area contributed by atoms with Crippen LogP contribution < -0.4 is 0 Å². The van der Waals surface area contributed by atoms with Crippen molar-refractivity contribution in [3.05, 3.63) is 169 Å². The molecule has 5 heteroatoms. The highest BCUT2D eigenvalue weighted by Crippen LogP contribution is 2.40. The molecule has 0 spiro atoms. The van der Waals surface area contributed by atoms with Crippen LogP contribution in [0.5, 0.6) is 0 Å². The molecule has 3 aromatic heterocycles. The molecule has 5 nitrogen and oxygen atoms in total. The lowest BCUT2D eigenvalue weighted by atomic mass is 9.87. The van der Waals surface area contributed by atoms with Crippen LogP contribution in [0.15, 0.2) is 168 Å². The maximum atomic E-state index is 6.47. The van der Waals surface area contributed by atoms with Crippen molar-refractivity contribution < 1.29 is 4.42 Å². The number of hydrogen-bond acceptors (Lipinski definition) is 4. The molecule has 10 aromatic rings. The lowest BCUT2D eigenvalue weighted by Crippen LogP contribution is -2.10. The van der Waals surface area contributed by atoms with Gasteiger partial charge in [-0.25, -0.2) is 15.0 Å². The van der Waals surface area contributed by atoms with Gasteiger partial charge in [-0.1, -0.05) is 136 Å². The SMILES string of the molecule is CC(C)(C)c1ccc(-n2c3ccccc3c3cc(-c4ccc5oc6cccc(-c7nc(-c8ccccc8)nc(-c8ccccc8)n7)c6c5c4)ccc32)cc1. The summed E-state index contributed by atoms with van der Waals surface area (Å²) in [7, 11) is 0. The second-order valence-electron chi connectivity index (χ2n) is 14.9. The van der Waals surface area contributed by atoms with Gasteiger partial charge < -0.3 is 8.98 Å². The molecule has 0 aliphatic carbocycles. The summed E-state index contributed by atoms with van der Waals surface area (Å²) in [6.45, 7) is 6.76. The van der Waals surface area contributed by atoms with Crippen molar-refractivity contribution in [3.8, 4) is 51.0 Å². The van der Waals surface area contributed by atoms with Gasteiger partial charge in [0.25, 0.3) is 0 Å². The fourth-order valence-corrected chi connectivity index (χ4v) is 7.66. The van der Waals surface area contributed by atoms with E-state index in [1.807, 2.05) is 72.8 Å². The first kappa shape index (κ1) is 31.9. The molecule has 0 saturated heterocycles. The monoisotopic (exact) mass is 696 g/mol. The molecule has 54 heavy (non-hydrogen) atoms. The number of nitrogens with zero attached hydrogens (tertiary/aromatic N) is 4. The van der Waals surface area contributed by atoms with Gasteiger partial charge in [-0.2, -0.15) is 0 Å². The highest BCUT2D eigenvalue weighted by molar-refractivity contribution is 6.14. The second-order valence-corrected chi connectivity index (χ2v) is 14.9. The van der Waals surface area contributed by atoms with Gasteiger partial charge in [-0.05, 0) is 70.6 Å². The van der Waals surface area contributed by atoms with Crippen LogP contribution in [0.25, 0.3) is 94.7 Å². The van der Waals surface area contributed by atoms with Gasteiger partial charge in [0.05, 0.1) is 11.0 Å². The fraction of sp³-hybridized carbons (Fsp3) is 0.0816. The predicted molar refractivity (Wildman–Crippen MR) is 222 cm³/mol. The van der Waals surface area contributed by atoms with Crippen LogP contribution in [0.3, 0.4) is 0 Å². The largest absolute Gasteiger partial charge is 0.456 e. The molecule has 10 rings (SSSR count). The van der Waals surface area contributed by atoms with Gasteiger partial charge in [-0.3, -0.25) is 0 Å². The molecule has 7 aromatic carbocycles. The number of furan rings is 1. The third kappa shape index (κ3) is 5.36. The molecule has 0 aliphatic rings. The minimum absolute atomic E-state index is 0.0952. The van der Waals surface area contributed by atoms with E-state index in [2.05, 4.69) is 116 Å². The summed E-state index contributed by atoms with van der Waals surface area (Å²) in [6, 6.07) is 57.2. The Morgan fingerprint density at radius 1 is 0.444 bits per heavy atom. The second kappa shape index (κ2) is 12.4. The molecule has 0 amide bonds. The van der Waals surface area contributed by atoms with Crippen LogP contribution >= 0.6 is 0 Å². The number of rotatable bonds is 5. The number of aromatic nitrogens is 4. The average Bonchev–Trinajstić information content (AvgIpc) is 3.76. The third-order valence-corrected chi connectivity index (χ3v) is 10.4. The molecule has 0 N–H and O–H groups in total. The topological polar surface area (TPSA) is 56.7 Å². The van der Waals surface area contributed by atoms with Gasteiger partial charge in [0.15, 0.2) is 17.5 Å². The summed E-state index contributed by atoms with van der Waals surface area (Å²) >= 11 is 0. The minimum Gasteiger partial charge on any atom is -0.456 e. The Balaban J connectivity index is 1.13. The first-order chi connectivity index (χ1) is 26.4. The maximum absolute atomic E-state index is 6.47. The van der Waals surface area contributed by atoms with Crippen LogP contribution in [-0.2, 0) is 5.41 Å². The van der Waals surface area contributed by atoms with Crippen LogP contribution in [0, 0.1) is 0 Å². The van der Waals surface area contributed by atoms with Crippen molar-refractivity contribution in [2.75, 3.05) is 0 Å². The number of benzene rings is 7. The minimum atomic E-state index is 0.0952. The Morgan fingerprint density at radius 2 is 1.04 bits per heavy atom. The summed E-state index contributed by atoms with van der Waals surface area (Å²) in [5.41, 5.74) is 11.6. The van der Waals surface area contributed by atoms with Crippen molar-refractivity contribution in [2.45, 2.75) is 26.2 Å². The molecule has 0 aliphatic heterocycles. The normalized spacial score (nSPS) is 12.0. The summed E-state index contributed by atoms with van der Waals surface area (Å²) < 4.78 is 8.85. The van der Waals surface area contributed by atoms with E-state index < -0.39 is 0 Å². The van der Waals surface area contributed by atoms with E-state index in [1.54, 1.807) is 0 Å². The Morgan fingerprint density at radius 3 is 1.72 bits per heavy atom. The maximum Gasteiger partial charge on any atom is 0.164 e. The standard InChI is InChI=1S/C49H36N4O/c1-49(2,3)35-23-25-36(26-24-35)53-41-19-11-10-17-37(41)39-29-33(21-27-42(39)53)34-22-28-43-40(30-34)45-38(18-12-20-44(45)54-43)48-51-46(31-13-6-4-7-14-31)50-47(52-48)32-15-8-5-9-16-32/h4-30H,1-3H3. The lowest BCUT2D eigenvalue weighted by Gasteiger charge is -2.19. The molecule has 258 valence electrons. The van der Waals surface area contributed by atoms with Gasteiger partial charge in [0.1, 0.15) is 11.2 Å². The third-order valence-electron chi connectivity index (χ3n) is 10.4. The summed E-state index contributed by atoms with van der Waals surface area (Å²) in [6.07, 6.45) is 0. The molecule has 0 fully saturated rings. The zero-order chi connectivity index (χ0) is 36.4. The van der Waals surface area contributed by atoms with E-state index in [4.69, 9.17) is 19.4 Å². The van der Waals surface area contributed by atoms with E-state index in [9.17, 15) is 0 Å². The van der Waals surface area contributed by atoms with Crippen molar-refractivity contribution >= 4 is 43.7 Å². The summed E-state index contributed by atoms with van der Waals surface area (Å²) in [4.78, 5) is 15.0.